The van der Waals surface area contributed by atoms with Gasteiger partial charge in [0.2, 0.25) is 0 Å². The number of nitrogens with one attached hydrogen (secondary N) is 3. The molecule has 3 atom stereocenters. The number of nitrogens with zero attached hydrogens (tertiary/aromatic N) is 1. The van der Waals surface area contributed by atoms with Gasteiger partial charge in [-0.15, -0.1) is 0 Å². The maximum absolute atomic E-state index is 6.62. The van der Waals surface area contributed by atoms with E-state index in [0.717, 1.165) is 79.1 Å². The zero-order valence-corrected chi connectivity index (χ0v) is 31.1. The van der Waals surface area contributed by atoms with E-state index in [4.69, 9.17) is 8.83 Å². The minimum absolute atomic E-state index is 0.00692. The Bertz CT molecular complexity index is 3200. The summed E-state index contributed by atoms with van der Waals surface area (Å²) in [7, 11) is 0. The van der Waals surface area contributed by atoms with Gasteiger partial charge < -0.3 is 13.4 Å². The van der Waals surface area contributed by atoms with E-state index in [0.29, 0.717) is 0 Å². The molecule has 3 unspecified atom stereocenters. The van der Waals surface area contributed by atoms with Gasteiger partial charge in [-0.1, -0.05) is 115 Å². The summed E-state index contributed by atoms with van der Waals surface area (Å²) in [5, 5.41) is 18.4. The molecule has 4 heterocycles. The molecule has 274 valence electrons. The number of para-hydroxylation sites is 2. The fourth-order valence-corrected chi connectivity index (χ4v) is 9.26. The number of benzene rings is 7. The minimum Gasteiger partial charge on any atom is -0.456 e. The number of allylic oxidation sites excluding steroid dienone is 3. The van der Waals surface area contributed by atoms with Crippen LogP contribution in [0.3, 0.4) is 0 Å². The Morgan fingerprint density at radius 2 is 1.16 bits per heavy atom. The fourth-order valence-electron chi connectivity index (χ4n) is 9.26. The lowest BCUT2D eigenvalue weighted by atomic mass is 9.98. The van der Waals surface area contributed by atoms with Gasteiger partial charge in [-0.3, -0.25) is 16.0 Å². The van der Waals surface area contributed by atoms with Crippen LogP contribution in [-0.4, -0.2) is 10.7 Å². The quantitative estimate of drug-likeness (QED) is 0.164. The largest absolute Gasteiger partial charge is 0.456 e. The van der Waals surface area contributed by atoms with Crippen molar-refractivity contribution in [3.05, 3.63) is 187 Å². The van der Waals surface area contributed by atoms with E-state index >= 15 is 0 Å². The second-order valence-corrected chi connectivity index (χ2v) is 15.3. The van der Waals surface area contributed by atoms with E-state index in [9.17, 15) is 0 Å². The average molecular weight is 739 g/mol. The van der Waals surface area contributed by atoms with E-state index in [-0.39, 0.29) is 18.5 Å². The summed E-state index contributed by atoms with van der Waals surface area (Å²) in [5.41, 5.74) is 12.9. The lowest BCUT2D eigenvalue weighted by molar-refractivity contribution is 0.219. The summed E-state index contributed by atoms with van der Waals surface area (Å²) >= 11 is 0. The molecule has 0 amide bonds. The van der Waals surface area contributed by atoms with Gasteiger partial charge in [-0.2, -0.15) is 0 Å². The third kappa shape index (κ3) is 5.30. The van der Waals surface area contributed by atoms with E-state index in [2.05, 4.69) is 190 Å². The van der Waals surface area contributed by atoms with Crippen molar-refractivity contribution in [3.63, 3.8) is 0 Å². The van der Waals surface area contributed by atoms with Crippen LogP contribution in [0.4, 0.5) is 0 Å². The molecule has 2 aliphatic rings. The average Bonchev–Trinajstić information content (AvgIpc) is 3.95. The number of fused-ring (bicyclic) bond motifs is 9. The molecule has 1 aliphatic heterocycles. The number of hydrogen-bond donors (Lipinski definition) is 3. The van der Waals surface area contributed by atoms with Crippen LogP contribution in [0.25, 0.3) is 82.5 Å². The highest BCUT2D eigenvalue weighted by atomic mass is 16.3. The molecule has 1 fully saturated rings. The summed E-state index contributed by atoms with van der Waals surface area (Å²) in [6, 6.07) is 54.0. The molecule has 1 saturated heterocycles. The molecule has 12 rings (SSSR count). The molecule has 3 aromatic heterocycles. The van der Waals surface area contributed by atoms with Crippen LogP contribution < -0.4 is 16.0 Å². The summed E-state index contributed by atoms with van der Waals surface area (Å²) in [5.74, 6) is 0. The molecule has 0 spiro atoms. The van der Waals surface area contributed by atoms with Gasteiger partial charge in [0.15, 0.2) is 0 Å². The Morgan fingerprint density at radius 1 is 0.474 bits per heavy atom. The molecule has 10 aromatic rings. The molecule has 6 nitrogen and oxygen atoms in total. The van der Waals surface area contributed by atoms with Crippen LogP contribution in [0.1, 0.15) is 36.3 Å². The van der Waals surface area contributed by atoms with Crippen molar-refractivity contribution < 1.29 is 8.83 Å². The van der Waals surface area contributed by atoms with Crippen molar-refractivity contribution in [2.45, 2.75) is 31.3 Å². The van der Waals surface area contributed by atoms with Gasteiger partial charge in [-0.25, -0.2) is 0 Å². The van der Waals surface area contributed by atoms with Gasteiger partial charge in [0.05, 0.1) is 40.6 Å². The highest BCUT2D eigenvalue weighted by molar-refractivity contribution is 6.15. The van der Waals surface area contributed by atoms with Crippen LogP contribution in [0, 0.1) is 0 Å². The SMILES string of the molecule is C1=CCCC(C2NC(c3ccccc3)NC(c3ccc4c(c3)oc3ccc(-c5ccc6c(c5)oc5cccc(-n7c8ccccc8c8ccccc87)c56)cc34)N2)=C1. The van der Waals surface area contributed by atoms with Gasteiger partial charge in [0, 0.05) is 26.9 Å². The van der Waals surface area contributed by atoms with Crippen LogP contribution in [0.15, 0.2) is 184 Å². The van der Waals surface area contributed by atoms with Crippen molar-refractivity contribution in [2.24, 2.45) is 0 Å². The first kappa shape index (κ1) is 32.5. The molecule has 1 aliphatic carbocycles. The molecule has 7 aromatic carbocycles. The van der Waals surface area contributed by atoms with Gasteiger partial charge >= 0.3 is 0 Å². The van der Waals surface area contributed by atoms with Crippen LogP contribution in [-0.2, 0) is 0 Å². The second-order valence-electron chi connectivity index (χ2n) is 15.3. The molecule has 6 heteroatoms. The van der Waals surface area contributed by atoms with Crippen LogP contribution >= 0.6 is 0 Å². The standard InChI is InChI=1S/C51H38N4O2/c1-3-12-31(13-4-1)49-52-50(32-14-5-2-6-15-32)54-51(53-49)35-23-25-38-40-28-33(24-27-44(40)56-46(38)30-35)34-22-26-39-47(29-34)57-45-21-11-20-43(48(39)45)55-41-18-9-7-16-36(41)37-17-8-10-19-42(37)55/h1-5,7-14,16-30,49-54H,6,15H2. The maximum Gasteiger partial charge on any atom is 0.137 e. The first-order valence-corrected chi connectivity index (χ1v) is 19.8. The van der Waals surface area contributed by atoms with E-state index < -0.39 is 0 Å². The topological polar surface area (TPSA) is 67.3 Å². The Balaban J connectivity index is 0.908. The summed E-state index contributed by atoms with van der Waals surface area (Å²) in [6.45, 7) is 0. The van der Waals surface area contributed by atoms with Gasteiger partial charge in [0.25, 0.3) is 0 Å². The van der Waals surface area contributed by atoms with Crippen molar-refractivity contribution in [2.75, 3.05) is 0 Å². The van der Waals surface area contributed by atoms with Crippen molar-refractivity contribution in [1.29, 1.82) is 0 Å². The maximum atomic E-state index is 6.62. The summed E-state index contributed by atoms with van der Waals surface area (Å²) in [6.07, 6.45) is 8.71. The number of hydrogen-bond acceptors (Lipinski definition) is 5. The molecule has 0 bridgehead atoms. The zero-order chi connectivity index (χ0) is 37.5. The van der Waals surface area contributed by atoms with E-state index in [1.54, 1.807) is 0 Å². The minimum atomic E-state index is -0.0764. The third-order valence-electron chi connectivity index (χ3n) is 12.0. The Kier molecular flexibility index (Phi) is 7.38. The summed E-state index contributed by atoms with van der Waals surface area (Å²) in [4.78, 5) is 0. The molecular formula is C51H38N4O2. The number of furan rings is 2. The Labute approximate surface area is 328 Å². The highest BCUT2D eigenvalue weighted by Crippen LogP contribution is 2.41. The Hall–Kier alpha value is -6.70. The summed E-state index contributed by atoms with van der Waals surface area (Å²) < 4.78 is 15.5. The molecule has 0 saturated carbocycles. The van der Waals surface area contributed by atoms with E-state index in [1.165, 1.54) is 32.9 Å². The molecule has 0 radical (unpaired) electrons. The van der Waals surface area contributed by atoms with Crippen molar-refractivity contribution >= 4 is 65.7 Å². The molecular weight excluding hydrogens is 701 g/mol. The third-order valence-corrected chi connectivity index (χ3v) is 12.0. The van der Waals surface area contributed by atoms with Crippen molar-refractivity contribution in [3.8, 4) is 16.8 Å². The van der Waals surface area contributed by atoms with E-state index in [1.807, 2.05) is 0 Å². The van der Waals surface area contributed by atoms with Crippen molar-refractivity contribution in [1.82, 2.24) is 20.5 Å². The van der Waals surface area contributed by atoms with Gasteiger partial charge in [-0.05, 0) is 95.3 Å². The number of rotatable bonds is 5. The lowest BCUT2D eigenvalue weighted by Crippen LogP contribution is -2.59. The fraction of sp³-hybridized carbons (Fsp3) is 0.0980. The lowest BCUT2D eigenvalue weighted by Gasteiger charge is -2.40. The smallest absolute Gasteiger partial charge is 0.137 e. The highest BCUT2D eigenvalue weighted by Gasteiger charge is 2.31. The molecule has 3 N–H and O–H groups in total. The molecule has 57 heavy (non-hydrogen) atoms. The number of aromatic nitrogens is 1. The predicted molar refractivity (Wildman–Crippen MR) is 232 cm³/mol. The first-order valence-electron chi connectivity index (χ1n) is 19.8. The van der Waals surface area contributed by atoms with Crippen LogP contribution in [0.2, 0.25) is 0 Å². The Morgan fingerprint density at radius 3 is 1.96 bits per heavy atom. The monoisotopic (exact) mass is 738 g/mol. The second kappa shape index (κ2) is 12.9. The van der Waals surface area contributed by atoms with Gasteiger partial charge in [0.1, 0.15) is 22.3 Å². The normalized spacial score (nSPS) is 18.7. The first-order chi connectivity index (χ1) is 28.2. The van der Waals surface area contributed by atoms with Crippen LogP contribution in [0.5, 0.6) is 0 Å². The predicted octanol–water partition coefficient (Wildman–Crippen LogP) is 12.3. The zero-order valence-electron chi connectivity index (χ0n) is 31.1.